The van der Waals surface area contributed by atoms with Gasteiger partial charge in [0, 0.05) is 6.42 Å². The quantitative estimate of drug-likeness (QED) is 0.652. The van der Waals surface area contributed by atoms with Gasteiger partial charge in [-0.25, -0.2) is 8.42 Å². The van der Waals surface area contributed by atoms with Crippen molar-refractivity contribution >= 4 is 27.3 Å². The van der Waals surface area contributed by atoms with Gasteiger partial charge in [0.2, 0.25) is 15.9 Å². The first kappa shape index (κ1) is 15.5. The van der Waals surface area contributed by atoms with Crippen LogP contribution in [0.15, 0.2) is 24.3 Å². The van der Waals surface area contributed by atoms with E-state index in [1.54, 1.807) is 24.3 Å². The summed E-state index contributed by atoms with van der Waals surface area (Å²) in [5, 5.41) is 5.66. The average Bonchev–Trinajstić information content (AvgIpc) is 2.30. The van der Waals surface area contributed by atoms with E-state index in [-0.39, 0.29) is 5.91 Å². The largest absolute Gasteiger partial charge is 0.324 e. The Morgan fingerprint density at radius 3 is 2.42 bits per heavy atom. The highest BCUT2D eigenvalue weighted by Crippen LogP contribution is 2.22. The number of rotatable bonds is 7. The summed E-state index contributed by atoms with van der Waals surface area (Å²) in [6, 6.07) is 6.69. The molecule has 7 heteroatoms. The van der Waals surface area contributed by atoms with Crippen LogP contribution in [0.2, 0.25) is 0 Å². The molecule has 0 bridgehead atoms. The second kappa shape index (κ2) is 7.10. The lowest BCUT2D eigenvalue weighted by atomic mass is 10.2. The van der Waals surface area contributed by atoms with Gasteiger partial charge in [-0.1, -0.05) is 12.1 Å². The predicted octanol–water partition coefficient (Wildman–Crippen LogP) is 0.996. The molecule has 0 fully saturated rings. The molecule has 0 radical (unpaired) electrons. The SMILES string of the molecule is CNCCCC(=O)Nc1ccccc1NS(C)(=O)=O. The Kier molecular flexibility index (Phi) is 5.78. The van der Waals surface area contributed by atoms with Crippen LogP contribution in [0.4, 0.5) is 11.4 Å². The molecule has 0 spiro atoms. The zero-order valence-corrected chi connectivity index (χ0v) is 11.9. The Balaban J connectivity index is 2.70. The van der Waals surface area contributed by atoms with Crippen molar-refractivity contribution in [3.05, 3.63) is 24.3 Å². The maximum Gasteiger partial charge on any atom is 0.229 e. The van der Waals surface area contributed by atoms with Gasteiger partial charge < -0.3 is 10.6 Å². The van der Waals surface area contributed by atoms with E-state index in [0.29, 0.717) is 17.8 Å². The third-order valence-electron chi connectivity index (χ3n) is 2.33. The Bertz CT molecular complexity index is 529. The minimum atomic E-state index is -3.37. The highest BCUT2D eigenvalue weighted by Gasteiger charge is 2.09. The average molecular weight is 285 g/mol. The van der Waals surface area contributed by atoms with E-state index in [4.69, 9.17) is 0 Å². The molecule has 1 amide bonds. The number of hydrogen-bond acceptors (Lipinski definition) is 4. The molecule has 0 saturated heterocycles. The van der Waals surface area contributed by atoms with Gasteiger partial charge in [0.15, 0.2) is 0 Å². The lowest BCUT2D eigenvalue weighted by Crippen LogP contribution is -2.17. The molecule has 0 saturated carbocycles. The first-order valence-corrected chi connectivity index (χ1v) is 7.83. The molecule has 0 aliphatic rings. The van der Waals surface area contributed by atoms with Gasteiger partial charge in [-0.05, 0) is 32.1 Å². The molecule has 0 atom stereocenters. The summed E-state index contributed by atoms with van der Waals surface area (Å²) >= 11 is 0. The van der Waals surface area contributed by atoms with Crippen molar-refractivity contribution in [3.8, 4) is 0 Å². The number of amides is 1. The Labute approximate surface area is 113 Å². The normalized spacial score (nSPS) is 11.1. The van der Waals surface area contributed by atoms with Crippen LogP contribution in [-0.2, 0) is 14.8 Å². The summed E-state index contributed by atoms with van der Waals surface area (Å²) in [7, 11) is -1.55. The number of anilines is 2. The predicted molar refractivity (Wildman–Crippen MR) is 76.7 cm³/mol. The van der Waals surface area contributed by atoms with Crippen LogP contribution < -0.4 is 15.4 Å². The molecule has 0 unspecified atom stereocenters. The molecule has 1 aromatic rings. The minimum absolute atomic E-state index is 0.141. The summed E-state index contributed by atoms with van der Waals surface area (Å²) in [6.07, 6.45) is 2.18. The molecule has 0 heterocycles. The molecular formula is C12H19N3O3S. The summed E-state index contributed by atoms with van der Waals surface area (Å²) in [5.74, 6) is -0.141. The number of sulfonamides is 1. The third kappa shape index (κ3) is 6.21. The summed E-state index contributed by atoms with van der Waals surface area (Å²) in [4.78, 5) is 11.7. The Morgan fingerprint density at radius 2 is 1.84 bits per heavy atom. The van der Waals surface area contributed by atoms with Gasteiger partial charge in [0.05, 0.1) is 17.6 Å². The third-order valence-corrected chi connectivity index (χ3v) is 2.92. The highest BCUT2D eigenvalue weighted by atomic mass is 32.2. The maximum atomic E-state index is 11.7. The molecule has 1 aromatic carbocycles. The fourth-order valence-electron chi connectivity index (χ4n) is 1.52. The molecule has 106 valence electrons. The summed E-state index contributed by atoms with van der Waals surface area (Å²) < 4.78 is 24.8. The van der Waals surface area contributed by atoms with E-state index >= 15 is 0 Å². The zero-order valence-electron chi connectivity index (χ0n) is 11.1. The summed E-state index contributed by atoms with van der Waals surface area (Å²) in [6.45, 7) is 0.761. The van der Waals surface area contributed by atoms with Crippen molar-refractivity contribution in [1.29, 1.82) is 0 Å². The second-order valence-corrected chi connectivity index (χ2v) is 5.92. The van der Waals surface area contributed by atoms with Gasteiger partial charge in [0.1, 0.15) is 0 Å². The van der Waals surface area contributed by atoms with E-state index in [9.17, 15) is 13.2 Å². The van der Waals surface area contributed by atoms with Crippen molar-refractivity contribution in [2.75, 3.05) is 29.9 Å². The molecule has 6 nitrogen and oxygen atoms in total. The topological polar surface area (TPSA) is 87.3 Å². The van der Waals surface area contributed by atoms with Crippen LogP contribution in [0.5, 0.6) is 0 Å². The smallest absolute Gasteiger partial charge is 0.229 e. The summed E-state index contributed by atoms with van der Waals surface area (Å²) in [5.41, 5.74) is 0.828. The van der Waals surface area contributed by atoms with Crippen molar-refractivity contribution < 1.29 is 13.2 Å². The fraction of sp³-hybridized carbons (Fsp3) is 0.417. The number of hydrogen-bond donors (Lipinski definition) is 3. The Hall–Kier alpha value is -1.60. The zero-order chi connectivity index (χ0) is 14.3. The fourth-order valence-corrected chi connectivity index (χ4v) is 2.10. The maximum absolute atomic E-state index is 11.7. The van der Waals surface area contributed by atoms with Crippen molar-refractivity contribution in [1.82, 2.24) is 5.32 Å². The van der Waals surface area contributed by atoms with Crippen LogP contribution in [0.1, 0.15) is 12.8 Å². The van der Waals surface area contributed by atoms with E-state index in [1.807, 2.05) is 7.05 Å². The van der Waals surface area contributed by atoms with E-state index in [2.05, 4.69) is 15.4 Å². The molecule has 0 aliphatic carbocycles. The number of carbonyl (C=O) groups excluding carboxylic acids is 1. The van der Waals surface area contributed by atoms with Crippen molar-refractivity contribution in [2.45, 2.75) is 12.8 Å². The highest BCUT2D eigenvalue weighted by molar-refractivity contribution is 7.92. The minimum Gasteiger partial charge on any atom is -0.324 e. The number of para-hydroxylation sites is 2. The van der Waals surface area contributed by atoms with E-state index < -0.39 is 10.0 Å². The van der Waals surface area contributed by atoms with Crippen LogP contribution in [0.25, 0.3) is 0 Å². The first-order valence-electron chi connectivity index (χ1n) is 5.93. The number of carbonyl (C=O) groups is 1. The van der Waals surface area contributed by atoms with E-state index in [1.165, 1.54) is 0 Å². The van der Waals surface area contributed by atoms with Gasteiger partial charge in [-0.2, -0.15) is 0 Å². The van der Waals surface area contributed by atoms with Gasteiger partial charge >= 0.3 is 0 Å². The van der Waals surface area contributed by atoms with Gasteiger partial charge in [0.25, 0.3) is 0 Å². The molecule has 1 rings (SSSR count). The second-order valence-electron chi connectivity index (χ2n) is 4.18. The molecule has 3 N–H and O–H groups in total. The van der Waals surface area contributed by atoms with Crippen LogP contribution in [-0.4, -0.2) is 34.2 Å². The standard InChI is InChI=1S/C12H19N3O3S/c1-13-9-5-8-12(16)14-10-6-3-4-7-11(10)15-19(2,17)18/h3-4,6-7,13,15H,5,8-9H2,1-2H3,(H,14,16). The van der Waals surface area contributed by atoms with Gasteiger partial charge in [-0.15, -0.1) is 0 Å². The van der Waals surface area contributed by atoms with Crippen LogP contribution in [0.3, 0.4) is 0 Å². The molecule has 19 heavy (non-hydrogen) atoms. The Morgan fingerprint density at radius 1 is 1.21 bits per heavy atom. The van der Waals surface area contributed by atoms with Gasteiger partial charge in [-0.3, -0.25) is 9.52 Å². The molecule has 0 aliphatic heterocycles. The van der Waals surface area contributed by atoms with Crippen LogP contribution >= 0.6 is 0 Å². The number of benzene rings is 1. The van der Waals surface area contributed by atoms with Crippen molar-refractivity contribution in [3.63, 3.8) is 0 Å². The van der Waals surface area contributed by atoms with Crippen molar-refractivity contribution in [2.24, 2.45) is 0 Å². The molecular weight excluding hydrogens is 266 g/mol. The monoisotopic (exact) mass is 285 g/mol. The molecule has 0 aromatic heterocycles. The first-order chi connectivity index (χ1) is 8.92. The number of nitrogens with one attached hydrogen (secondary N) is 3. The van der Waals surface area contributed by atoms with Crippen LogP contribution in [0, 0.1) is 0 Å². The van der Waals surface area contributed by atoms with E-state index in [0.717, 1.165) is 19.2 Å². The lowest BCUT2D eigenvalue weighted by Gasteiger charge is -2.11. The lowest BCUT2D eigenvalue weighted by molar-refractivity contribution is -0.116.